The monoisotopic (exact) mass is 637 g/mol. The molecule has 0 amide bonds. The topological polar surface area (TPSA) is 25.2 Å². The van der Waals surface area contributed by atoms with Gasteiger partial charge in [0, 0.05) is 22.0 Å². The second kappa shape index (κ2) is 11.5. The van der Waals surface area contributed by atoms with Crippen LogP contribution >= 0.6 is 0 Å². The molecule has 1 aromatic heterocycles. The molecule has 9 aromatic carbocycles. The van der Waals surface area contributed by atoms with E-state index in [1.807, 2.05) is 0 Å². The highest BCUT2D eigenvalue weighted by molar-refractivity contribution is 6.24. The predicted octanol–water partition coefficient (Wildman–Crippen LogP) is 13.8. The molecular weight excluding hydrogens is 607 g/mol. The Morgan fingerprint density at radius 3 is 1.68 bits per heavy atom. The Labute approximate surface area is 289 Å². The van der Waals surface area contributed by atoms with E-state index >= 15 is 0 Å². The predicted molar refractivity (Wildman–Crippen MR) is 212 cm³/mol. The average molecular weight is 638 g/mol. The molecule has 10 aromatic rings. The molecule has 0 saturated heterocycles. The molecule has 2 heteroatoms. The molecule has 50 heavy (non-hydrogen) atoms. The fourth-order valence-electron chi connectivity index (χ4n) is 7.45. The minimum Gasteiger partial charge on any atom is -0.453 e. The van der Waals surface area contributed by atoms with Gasteiger partial charge in [-0.3, -0.25) is 0 Å². The van der Waals surface area contributed by atoms with Crippen molar-refractivity contribution in [2.45, 2.75) is 0 Å². The van der Waals surface area contributed by atoms with Crippen molar-refractivity contribution in [3.05, 3.63) is 182 Å². The van der Waals surface area contributed by atoms with E-state index in [-0.39, 0.29) is 0 Å². The molecular formula is C48H31NO. The quantitative estimate of drug-likeness (QED) is 0.203. The molecule has 0 fully saturated rings. The SMILES string of the molecule is c1ccc(-c2cc3ccccc3c3c2oc2c(Nc4ccc(-c5ccc6ccc(-c7ccc8ccccc8c7)cc6c5)cc4)cccc23)cc1. The van der Waals surface area contributed by atoms with E-state index in [0.717, 1.165) is 44.4 Å². The van der Waals surface area contributed by atoms with Crippen LogP contribution in [0.2, 0.25) is 0 Å². The zero-order chi connectivity index (χ0) is 33.0. The van der Waals surface area contributed by atoms with Gasteiger partial charge in [0.2, 0.25) is 0 Å². The summed E-state index contributed by atoms with van der Waals surface area (Å²) in [6.45, 7) is 0. The smallest absolute Gasteiger partial charge is 0.158 e. The summed E-state index contributed by atoms with van der Waals surface area (Å²) in [5.41, 5.74) is 10.8. The number of hydrogen-bond donors (Lipinski definition) is 1. The van der Waals surface area contributed by atoms with Crippen molar-refractivity contribution >= 4 is 65.6 Å². The largest absolute Gasteiger partial charge is 0.453 e. The van der Waals surface area contributed by atoms with Gasteiger partial charge in [-0.25, -0.2) is 0 Å². The third kappa shape index (κ3) is 4.81. The molecule has 0 bridgehead atoms. The molecule has 0 saturated carbocycles. The van der Waals surface area contributed by atoms with Gasteiger partial charge >= 0.3 is 0 Å². The van der Waals surface area contributed by atoms with Crippen LogP contribution in [0.4, 0.5) is 11.4 Å². The second-order valence-electron chi connectivity index (χ2n) is 13.0. The van der Waals surface area contributed by atoms with Crippen molar-refractivity contribution < 1.29 is 4.42 Å². The van der Waals surface area contributed by atoms with E-state index < -0.39 is 0 Å². The van der Waals surface area contributed by atoms with Crippen LogP contribution in [0.5, 0.6) is 0 Å². The lowest BCUT2D eigenvalue weighted by Gasteiger charge is -2.10. The number of rotatable bonds is 5. The lowest BCUT2D eigenvalue weighted by molar-refractivity contribution is 0.671. The molecule has 1 heterocycles. The molecule has 0 aliphatic rings. The summed E-state index contributed by atoms with van der Waals surface area (Å²) in [6.07, 6.45) is 0. The summed E-state index contributed by atoms with van der Waals surface area (Å²) in [5.74, 6) is 0. The van der Waals surface area contributed by atoms with E-state index in [9.17, 15) is 0 Å². The Bertz CT molecular complexity index is 2880. The number of furan rings is 1. The molecule has 1 N–H and O–H groups in total. The first-order valence-electron chi connectivity index (χ1n) is 17.1. The first-order chi connectivity index (χ1) is 24.7. The minimum atomic E-state index is 0.858. The Kier molecular flexibility index (Phi) is 6.53. The fraction of sp³-hybridized carbons (Fsp3) is 0. The van der Waals surface area contributed by atoms with Gasteiger partial charge in [-0.05, 0) is 103 Å². The molecule has 0 atom stereocenters. The molecule has 0 aliphatic heterocycles. The zero-order valence-corrected chi connectivity index (χ0v) is 27.2. The van der Waals surface area contributed by atoms with Gasteiger partial charge in [-0.15, -0.1) is 0 Å². The Balaban J connectivity index is 0.994. The normalized spacial score (nSPS) is 11.6. The van der Waals surface area contributed by atoms with Crippen molar-refractivity contribution in [1.82, 2.24) is 0 Å². The van der Waals surface area contributed by atoms with Crippen LogP contribution in [0.3, 0.4) is 0 Å². The maximum atomic E-state index is 6.78. The first-order valence-corrected chi connectivity index (χ1v) is 17.1. The maximum absolute atomic E-state index is 6.78. The maximum Gasteiger partial charge on any atom is 0.158 e. The van der Waals surface area contributed by atoms with Crippen molar-refractivity contribution in [3.63, 3.8) is 0 Å². The number of hydrogen-bond acceptors (Lipinski definition) is 2. The first kappa shape index (κ1) is 28.4. The van der Waals surface area contributed by atoms with Gasteiger partial charge in [0.05, 0.1) is 5.69 Å². The van der Waals surface area contributed by atoms with E-state index in [0.29, 0.717) is 0 Å². The number of nitrogens with one attached hydrogen (secondary N) is 1. The standard InChI is InChI=1S/C48H31NO/c1-2-10-34(11-3-1)44-30-39-13-6-7-14-42(39)46-43-15-8-16-45(47(43)50-48(44)46)49-41-25-23-32(24-26-41)36-20-18-33-19-22-38(29-40(33)28-36)37-21-17-31-9-4-5-12-35(31)27-37/h1-30,49H. The number of fused-ring (bicyclic) bond motifs is 7. The number of benzene rings is 9. The van der Waals surface area contributed by atoms with Gasteiger partial charge in [0.15, 0.2) is 5.58 Å². The fourth-order valence-corrected chi connectivity index (χ4v) is 7.45. The Morgan fingerprint density at radius 1 is 0.340 bits per heavy atom. The highest BCUT2D eigenvalue weighted by Crippen LogP contribution is 2.43. The van der Waals surface area contributed by atoms with Crippen LogP contribution < -0.4 is 5.32 Å². The van der Waals surface area contributed by atoms with E-state index in [2.05, 4.69) is 187 Å². The van der Waals surface area contributed by atoms with Crippen LogP contribution in [-0.4, -0.2) is 0 Å². The van der Waals surface area contributed by atoms with Crippen molar-refractivity contribution in [3.8, 4) is 33.4 Å². The number of anilines is 2. The van der Waals surface area contributed by atoms with Crippen molar-refractivity contribution in [2.75, 3.05) is 5.32 Å². The average Bonchev–Trinajstić information content (AvgIpc) is 3.59. The molecule has 234 valence electrons. The Hall–Kier alpha value is -6.64. The third-order valence-electron chi connectivity index (χ3n) is 10.00. The highest BCUT2D eigenvalue weighted by atomic mass is 16.3. The van der Waals surface area contributed by atoms with E-state index in [4.69, 9.17) is 4.42 Å². The summed E-state index contributed by atoms with van der Waals surface area (Å²) in [5, 5.41) is 13.3. The van der Waals surface area contributed by atoms with Gasteiger partial charge in [0.25, 0.3) is 0 Å². The van der Waals surface area contributed by atoms with Crippen LogP contribution in [0, 0.1) is 0 Å². The number of para-hydroxylation sites is 1. The molecule has 10 rings (SSSR count). The summed E-state index contributed by atoms with van der Waals surface area (Å²) in [4.78, 5) is 0. The Morgan fingerprint density at radius 2 is 0.920 bits per heavy atom. The van der Waals surface area contributed by atoms with Gasteiger partial charge in [0.1, 0.15) is 5.58 Å². The van der Waals surface area contributed by atoms with Gasteiger partial charge in [-0.2, -0.15) is 0 Å². The molecule has 0 spiro atoms. The van der Waals surface area contributed by atoms with Crippen LogP contribution in [-0.2, 0) is 0 Å². The van der Waals surface area contributed by atoms with Gasteiger partial charge in [-0.1, -0.05) is 140 Å². The summed E-state index contributed by atoms with van der Waals surface area (Å²) in [6, 6.07) is 65.1. The summed E-state index contributed by atoms with van der Waals surface area (Å²) >= 11 is 0. The molecule has 0 radical (unpaired) electrons. The van der Waals surface area contributed by atoms with Crippen LogP contribution in [0.1, 0.15) is 0 Å². The van der Waals surface area contributed by atoms with Gasteiger partial charge < -0.3 is 9.73 Å². The highest BCUT2D eigenvalue weighted by Gasteiger charge is 2.18. The third-order valence-corrected chi connectivity index (χ3v) is 10.00. The van der Waals surface area contributed by atoms with Crippen LogP contribution in [0.25, 0.3) is 87.6 Å². The van der Waals surface area contributed by atoms with Crippen LogP contribution in [0.15, 0.2) is 186 Å². The lowest BCUT2D eigenvalue weighted by atomic mass is 9.96. The second-order valence-corrected chi connectivity index (χ2v) is 13.0. The lowest BCUT2D eigenvalue weighted by Crippen LogP contribution is -1.90. The molecule has 0 aliphatic carbocycles. The molecule has 0 unspecified atom stereocenters. The van der Waals surface area contributed by atoms with Crippen molar-refractivity contribution in [2.24, 2.45) is 0 Å². The minimum absolute atomic E-state index is 0.858. The van der Waals surface area contributed by atoms with E-state index in [1.165, 1.54) is 54.6 Å². The van der Waals surface area contributed by atoms with E-state index in [1.54, 1.807) is 0 Å². The zero-order valence-electron chi connectivity index (χ0n) is 27.2. The van der Waals surface area contributed by atoms with Crippen molar-refractivity contribution in [1.29, 1.82) is 0 Å². The summed E-state index contributed by atoms with van der Waals surface area (Å²) in [7, 11) is 0. The summed E-state index contributed by atoms with van der Waals surface area (Å²) < 4.78 is 6.78. The molecule has 2 nitrogen and oxygen atoms in total.